The van der Waals surface area contributed by atoms with Gasteiger partial charge in [-0.2, -0.15) is 4.98 Å². The molecule has 0 aliphatic heterocycles. The van der Waals surface area contributed by atoms with E-state index in [1.165, 1.54) is 32.1 Å². The van der Waals surface area contributed by atoms with Gasteiger partial charge in [0.2, 0.25) is 0 Å². The predicted molar refractivity (Wildman–Crippen MR) is 56.6 cm³/mol. The second-order valence-corrected chi connectivity index (χ2v) is 4.05. The van der Waals surface area contributed by atoms with Gasteiger partial charge in [-0.25, -0.2) is 0 Å². The number of oxazole rings is 1. The molecule has 1 N–H and O–H groups in total. The minimum atomic E-state index is 0.610. The Bertz CT molecular complexity index is 300. The van der Waals surface area contributed by atoms with Crippen LogP contribution in [0.3, 0.4) is 0 Å². The van der Waals surface area contributed by atoms with Crippen LogP contribution in [0.25, 0.3) is 0 Å². The molecule has 1 aromatic rings. The van der Waals surface area contributed by atoms with Crippen LogP contribution in [0.5, 0.6) is 0 Å². The molecule has 1 aliphatic rings. The number of hydrogen-bond donors (Lipinski definition) is 1. The van der Waals surface area contributed by atoms with E-state index in [9.17, 15) is 0 Å². The van der Waals surface area contributed by atoms with E-state index in [4.69, 9.17) is 4.42 Å². The van der Waals surface area contributed by atoms with Crippen molar-refractivity contribution in [3.05, 3.63) is 11.5 Å². The summed E-state index contributed by atoms with van der Waals surface area (Å²) in [5.74, 6) is 1.72. The highest BCUT2D eigenvalue weighted by atomic mass is 16.4. The van der Waals surface area contributed by atoms with Gasteiger partial charge in [0.05, 0.1) is 5.69 Å². The first-order chi connectivity index (χ1) is 6.81. The lowest BCUT2D eigenvalue weighted by atomic mass is 9.87. The molecule has 1 aliphatic carbocycles. The Labute approximate surface area is 84.9 Å². The molecule has 0 amide bonds. The van der Waals surface area contributed by atoms with Crippen LogP contribution < -0.4 is 5.32 Å². The van der Waals surface area contributed by atoms with Gasteiger partial charge in [-0.05, 0) is 19.8 Å². The normalized spacial score (nSPS) is 18.4. The zero-order chi connectivity index (χ0) is 9.97. The van der Waals surface area contributed by atoms with Crippen LogP contribution in [0, 0.1) is 6.92 Å². The zero-order valence-corrected chi connectivity index (χ0v) is 8.97. The molecule has 0 saturated heterocycles. The van der Waals surface area contributed by atoms with Crippen LogP contribution in [0.4, 0.5) is 6.01 Å². The molecule has 1 saturated carbocycles. The van der Waals surface area contributed by atoms with Crippen LogP contribution >= 0.6 is 0 Å². The van der Waals surface area contributed by atoms with Gasteiger partial charge in [0.15, 0.2) is 0 Å². The lowest BCUT2D eigenvalue weighted by Crippen LogP contribution is -2.04. The molecule has 1 aromatic heterocycles. The molecule has 1 fully saturated rings. The number of aromatic nitrogens is 1. The van der Waals surface area contributed by atoms with Crippen molar-refractivity contribution in [2.75, 3.05) is 12.4 Å². The van der Waals surface area contributed by atoms with Crippen LogP contribution in [-0.2, 0) is 0 Å². The van der Waals surface area contributed by atoms with Crippen LogP contribution in [0.15, 0.2) is 4.42 Å². The molecular formula is C11H18N2O. The summed E-state index contributed by atoms with van der Waals surface area (Å²) in [6.07, 6.45) is 6.57. The minimum Gasteiger partial charge on any atom is -0.428 e. The first-order valence-electron chi connectivity index (χ1n) is 5.46. The van der Waals surface area contributed by atoms with Gasteiger partial charge in [0, 0.05) is 13.0 Å². The molecular weight excluding hydrogens is 176 g/mol. The summed E-state index contributed by atoms with van der Waals surface area (Å²) in [5.41, 5.74) is 1.06. The second-order valence-electron chi connectivity index (χ2n) is 4.05. The van der Waals surface area contributed by atoms with Gasteiger partial charge in [-0.1, -0.05) is 19.3 Å². The van der Waals surface area contributed by atoms with E-state index in [0.717, 1.165) is 11.5 Å². The van der Waals surface area contributed by atoms with Crippen molar-refractivity contribution in [2.45, 2.75) is 44.9 Å². The van der Waals surface area contributed by atoms with Crippen LogP contribution in [0.1, 0.15) is 49.5 Å². The average Bonchev–Trinajstić information content (AvgIpc) is 2.61. The second kappa shape index (κ2) is 4.03. The van der Waals surface area contributed by atoms with Crippen molar-refractivity contribution >= 4 is 6.01 Å². The van der Waals surface area contributed by atoms with E-state index in [-0.39, 0.29) is 0 Å². The van der Waals surface area contributed by atoms with E-state index in [2.05, 4.69) is 10.3 Å². The van der Waals surface area contributed by atoms with E-state index in [1.54, 1.807) is 0 Å². The van der Waals surface area contributed by atoms with Gasteiger partial charge in [-0.15, -0.1) is 0 Å². The summed E-state index contributed by atoms with van der Waals surface area (Å²) in [5, 5.41) is 2.95. The molecule has 1 heterocycles. The summed E-state index contributed by atoms with van der Waals surface area (Å²) >= 11 is 0. The van der Waals surface area contributed by atoms with Crippen LogP contribution in [0.2, 0.25) is 0 Å². The Morgan fingerprint density at radius 3 is 2.57 bits per heavy atom. The Morgan fingerprint density at radius 1 is 1.29 bits per heavy atom. The number of hydrogen-bond acceptors (Lipinski definition) is 3. The highest BCUT2D eigenvalue weighted by Gasteiger charge is 2.22. The van der Waals surface area contributed by atoms with Gasteiger partial charge < -0.3 is 9.73 Å². The first kappa shape index (κ1) is 9.56. The fourth-order valence-corrected chi connectivity index (χ4v) is 2.26. The maximum Gasteiger partial charge on any atom is 0.294 e. The third-order valence-corrected chi connectivity index (χ3v) is 3.02. The largest absolute Gasteiger partial charge is 0.428 e. The van der Waals surface area contributed by atoms with Crippen LogP contribution in [-0.4, -0.2) is 12.0 Å². The maximum absolute atomic E-state index is 5.68. The molecule has 3 heteroatoms. The van der Waals surface area contributed by atoms with Crippen molar-refractivity contribution in [1.82, 2.24) is 4.98 Å². The smallest absolute Gasteiger partial charge is 0.294 e. The van der Waals surface area contributed by atoms with Crippen molar-refractivity contribution in [3.8, 4) is 0 Å². The molecule has 2 rings (SSSR count). The average molecular weight is 194 g/mol. The standard InChI is InChI=1S/C11H18N2O/c1-8-10(14-11(12-2)13-8)9-6-4-3-5-7-9/h9H,3-7H2,1-2H3,(H,12,13). The number of anilines is 1. The molecule has 0 radical (unpaired) electrons. The molecule has 0 spiro atoms. The Morgan fingerprint density at radius 2 is 2.00 bits per heavy atom. The van der Waals surface area contributed by atoms with Crippen molar-refractivity contribution in [3.63, 3.8) is 0 Å². The zero-order valence-electron chi connectivity index (χ0n) is 8.97. The van der Waals surface area contributed by atoms with Crippen molar-refractivity contribution in [2.24, 2.45) is 0 Å². The molecule has 0 bridgehead atoms. The van der Waals surface area contributed by atoms with Gasteiger partial charge >= 0.3 is 0 Å². The fraction of sp³-hybridized carbons (Fsp3) is 0.727. The van der Waals surface area contributed by atoms with E-state index < -0.39 is 0 Å². The first-order valence-corrected chi connectivity index (χ1v) is 5.46. The summed E-state index contributed by atoms with van der Waals surface area (Å²) in [4.78, 5) is 4.33. The molecule has 3 nitrogen and oxygen atoms in total. The fourth-order valence-electron chi connectivity index (χ4n) is 2.26. The Hall–Kier alpha value is -0.990. The molecule has 14 heavy (non-hydrogen) atoms. The molecule has 78 valence electrons. The monoisotopic (exact) mass is 194 g/mol. The quantitative estimate of drug-likeness (QED) is 0.786. The highest BCUT2D eigenvalue weighted by Crippen LogP contribution is 2.35. The summed E-state index contributed by atoms with van der Waals surface area (Å²) in [7, 11) is 1.84. The topological polar surface area (TPSA) is 38.1 Å². The Balaban J connectivity index is 2.17. The van der Waals surface area contributed by atoms with Gasteiger partial charge in [-0.3, -0.25) is 0 Å². The summed E-state index contributed by atoms with van der Waals surface area (Å²) < 4.78 is 5.68. The lowest BCUT2D eigenvalue weighted by Gasteiger charge is -2.19. The van der Waals surface area contributed by atoms with Gasteiger partial charge in [0.1, 0.15) is 5.76 Å². The predicted octanol–water partition coefficient (Wildman–Crippen LogP) is 3.07. The molecule has 0 unspecified atom stereocenters. The third kappa shape index (κ3) is 1.76. The maximum atomic E-state index is 5.68. The number of nitrogens with zero attached hydrogens (tertiary/aromatic N) is 1. The summed E-state index contributed by atoms with van der Waals surface area (Å²) in [6, 6.07) is 0.656. The van der Waals surface area contributed by atoms with Crippen molar-refractivity contribution in [1.29, 1.82) is 0 Å². The van der Waals surface area contributed by atoms with E-state index in [0.29, 0.717) is 11.9 Å². The number of aryl methyl sites for hydroxylation is 1. The minimum absolute atomic E-state index is 0.610. The third-order valence-electron chi connectivity index (χ3n) is 3.02. The van der Waals surface area contributed by atoms with E-state index in [1.807, 2.05) is 14.0 Å². The summed E-state index contributed by atoms with van der Waals surface area (Å²) in [6.45, 7) is 2.04. The van der Waals surface area contributed by atoms with Gasteiger partial charge in [0.25, 0.3) is 6.01 Å². The molecule has 0 aromatic carbocycles. The lowest BCUT2D eigenvalue weighted by molar-refractivity contribution is 0.377. The number of nitrogens with one attached hydrogen (secondary N) is 1. The number of rotatable bonds is 2. The highest BCUT2D eigenvalue weighted by molar-refractivity contribution is 5.26. The molecule has 0 atom stereocenters. The van der Waals surface area contributed by atoms with Crippen molar-refractivity contribution < 1.29 is 4.42 Å². The Kier molecular flexibility index (Phi) is 2.75. The van der Waals surface area contributed by atoms with E-state index >= 15 is 0 Å². The SMILES string of the molecule is CNc1nc(C)c(C2CCCCC2)o1.